The van der Waals surface area contributed by atoms with Crippen LogP contribution in [-0.4, -0.2) is 0 Å². The summed E-state index contributed by atoms with van der Waals surface area (Å²) in [5, 5.41) is 8.76. The molecule has 0 unspecified atom stereocenters. The van der Waals surface area contributed by atoms with E-state index >= 15 is 0 Å². The van der Waals surface area contributed by atoms with Crippen molar-refractivity contribution in [2.24, 2.45) is 0 Å². The Kier molecular flexibility index (Phi) is 4.17. The highest BCUT2D eigenvalue weighted by Gasteiger charge is 2.14. The van der Waals surface area contributed by atoms with Gasteiger partial charge in [0.2, 0.25) is 0 Å². The normalized spacial score (nSPS) is 10.1. The Morgan fingerprint density at radius 2 is 1.74 bits per heavy atom. The van der Waals surface area contributed by atoms with Crippen LogP contribution in [0.25, 0.3) is 0 Å². The van der Waals surface area contributed by atoms with Gasteiger partial charge in [-0.15, -0.1) is 0 Å². The Labute approximate surface area is 124 Å². The topological polar surface area (TPSA) is 33.0 Å². The van der Waals surface area contributed by atoms with Gasteiger partial charge in [0, 0.05) is 0 Å². The van der Waals surface area contributed by atoms with Crippen molar-refractivity contribution in [1.29, 1.82) is 5.26 Å². The average Bonchev–Trinajstić information content (AvgIpc) is 2.38. The second-order valence-electron chi connectivity index (χ2n) is 3.53. The highest BCUT2D eigenvalue weighted by atomic mass is 79.9. The van der Waals surface area contributed by atoms with Crippen LogP contribution in [0.3, 0.4) is 0 Å². The molecule has 6 heteroatoms. The predicted molar refractivity (Wildman–Crippen MR) is 73.0 cm³/mol. The Morgan fingerprint density at radius 1 is 1.05 bits per heavy atom. The van der Waals surface area contributed by atoms with Gasteiger partial charge in [-0.1, -0.05) is 0 Å². The lowest BCUT2D eigenvalue weighted by atomic mass is 10.2. The third-order valence-corrected chi connectivity index (χ3v) is 3.68. The quantitative estimate of drug-likeness (QED) is 0.712. The highest BCUT2D eigenvalue weighted by Crippen LogP contribution is 2.34. The maximum atomic E-state index is 13.9. The summed E-state index contributed by atoms with van der Waals surface area (Å²) in [6, 6.07) is 8.42. The lowest BCUT2D eigenvalue weighted by Crippen LogP contribution is -1.92. The largest absolute Gasteiger partial charge is 0.453 e. The first-order valence-electron chi connectivity index (χ1n) is 5.04. The van der Waals surface area contributed by atoms with Crippen LogP contribution in [0.15, 0.2) is 39.3 Å². The molecule has 0 bridgehead atoms. The van der Waals surface area contributed by atoms with Crippen LogP contribution in [0.1, 0.15) is 5.56 Å². The molecule has 0 atom stereocenters. The molecule has 0 aliphatic rings. The van der Waals surface area contributed by atoms with Crippen molar-refractivity contribution >= 4 is 31.9 Å². The molecule has 0 fully saturated rings. The Bertz CT molecular complexity index is 683. The van der Waals surface area contributed by atoms with E-state index in [4.69, 9.17) is 10.00 Å². The fraction of sp³-hybridized carbons (Fsp3) is 0. The zero-order valence-electron chi connectivity index (χ0n) is 9.25. The minimum absolute atomic E-state index is 0.0331. The van der Waals surface area contributed by atoms with Crippen molar-refractivity contribution in [3.05, 3.63) is 56.5 Å². The number of nitrogens with zero attached hydrogens (tertiary/aromatic N) is 1. The SMILES string of the molecule is N#Cc1ccc(Oc2ccc(F)cc2Br)c(F)c1Br. The first-order valence-corrected chi connectivity index (χ1v) is 6.62. The van der Waals surface area contributed by atoms with Crippen LogP contribution in [0, 0.1) is 23.0 Å². The smallest absolute Gasteiger partial charge is 0.181 e. The number of ether oxygens (including phenoxy) is 1. The summed E-state index contributed by atoms with van der Waals surface area (Å²) in [6.07, 6.45) is 0. The van der Waals surface area contributed by atoms with Crippen LogP contribution in [0.5, 0.6) is 11.5 Å². The number of hydrogen-bond acceptors (Lipinski definition) is 2. The van der Waals surface area contributed by atoms with Gasteiger partial charge in [0.25, 0.3) is 0 Å². The van der Waals surface area contributed by atoms with Gasteiger partial charge in [-0.3, -0.25) is 0 Å². The predicted octanol–water partition coefficient (Wildman–Crippen LogP) is 5.15. The van der Waals surface area contributed by atoms with Crippen LogP contribution in [0.2, 0.25) is 0 Å². The summed E-state index contributed by atoms with van der Waals surface area (Å²) in [6.45, 7) is 0. The number of hydrogen-bond donors (Lipinski definition) is 0. The van der Waals surface area contributed by atoms with Crippen LogP contribution < -0.4 is 4.74 Å². The Hall–Kier alpha value is -1.45. The van der Waals surface area contributed by atoms with Gasteiger partial charge < -0.3 is 4.74 Å². The molecule has 19 heavy (non-hydrogen) atoms. The first-order chi connectivity index (χ1) is 9.02. The maximum Gasteiger partial charge on any atom is 0.181 e. The van der Waals surface area contributed by atoms with Crippen LogP contribution in [-0.2, 0) is 0 Å². The molecule has 0 N–H and O–H groups in total. The van der Waals surface area contributed by atoms with Crippen LogP contribution >= 0.6 is 31.9 Å². The summed E-state index contributed by atoms with van der Waals surface area (Å²) in [5.74, 6) is -0.897. The molecule has 2 nitrogen and oxygen atoms in total. The first kappa shape index (κ1) is 14.0. The molecule has 96 valence electrons. The van der Waals surface area contributed by atoms with Gasteiger partial charge in [0.05, 0.1) is 14.5 Å². The molecule has 0 spiro atoms. The summed E-state index contributed by atoms with van der Waals surface area (Å²) >= 11 is 6.11. The average molecular weight is 389 g/mol. The molecule has 0 aliphatic carbocycles. The summed E-state index contributed by atoms with van der Waals surface area (Å²) < 4.78 is 32.6. The van der Waals surface area contributed by atoms with Gasteiger partial charge in [0.15, 0.2) is 11.6 Å². The van der Waals surface area contributed by atoms with E-state index in [1.165, 1.54) is 30.3 Å². The minimum atomic E-state index is -0.685. The molecule has 0 amide bonds. The summed E-state index contributed by atoms with van der Waals surface area (Å²) in [7, 11) is 0. The van der Waals surface area contributed by atoms with Crippen molar-refractivity contribution in [1.82, 2.24) is 0 Å². The second kappa shape index (κ2) is 5.68. The second-order valence-corrected chi connectivity index (χ2v) is 5.18. The van der Waals surface area contributed by atoms with E-state index in [2.05, 4.69) is 31.9 Å². The zero-order valence-corrected chi connectivity index (χ0v) is 12.4. The van der Waals surface area contributed by atoms with E-state index in [-0.39, 0.29) is 21.5 Å². The van der Waals surface area contributed by atoms with Crippen molar-refractivity contribution in [2.45, 2.75) is 0 Å². The van der Waals surface area contributed by atoms with Crippen molar-refractivity contribution in [2.75, 3.05) is 0 Å². The molecule has 0 saturated heterocycles. The number of nitriles is 1. The third kappa shape index (κ3) is 2.94. The molecular weight excluding hydrogens is 384 g/mol. The molecule has 0 radical (unpaired) electrons. The zero-order chi connectivity index (χ0) is 14.0. The number of rotatable bonds is 2. The highest BCUT2D eigenvalue weighted by molar-refractivity contribution is 9.10. The third-order valence-electron chi connectivity index (χ3n) is 2.28. The fourth-order valence-electron chi connectivity index (χ4n) is 1.37. The van der Waals surface area contributed by atoms with Crippen molar-refractivity contribution < 1.29 is 13.5 Å². The van der Waals surface area contributed by atoms with E-state index in [0.717, 1.165) is 0 Å². The minimum Gasteiger partial charge on any atom is -0.453 e. The van der Waals surface area contributed by atoms with Gasteiger partial charge in [-0.25, -0.2) is 8.78 Å². The van der Waals surface area contributed by atoms with Gasteiger partial charge in [-0.05, 0) is 62.2 Å². The number of benzene rings is 2. The lowest BCUT2D eigenvalue weighted by molar-refractivity contribution is 0.437. The fourth-order valence-corrected chi connectivity index (χ4v) is 2.22. The molecule has 2 aromatic rings. The van der Waals surface area contributed by atoms with E-state index in [1.54, 1.807) is 0 Å². The molecule has 0 saturated carbocycles. The summed E-state index contributed by atoms with van der Waals surface area (Å²) in [5.41, 5.74) is 0.169. The molecule has 0 aliphatic heterocycles. The number of halogens is 4. The van der Waals surface area contributed by atoms with Gasteiger partial charge >= 0.3 is 0 Å². The Balaban J connectivity index is 2.39. The molecular formula is C13H5Br2F2NO. The van der Waals surface area contributed by atoms with Crippen LogP contribution in [0.4, 0.5) is 8.78 Å². The lowest BCUT2D eigenvalue weighted by Gasteiger charge is -2.10. The van der Waals surface area contributed by atoms with E-state index in [1.807, 2.05) is 6.07 Å². The maximum absolute atomic E-state index is 13.9. The molecule has 2 rings (SSSR count). The van der Waals surface area contributed by atoms with E-state index < -0.39 is 11.6 Å². The molecule has 0 aromatic heterocycles. The monoisotopic (exact) mass is 387 g/mol. The Morgan fingerprint density at radius 3 is 2.37 bits per heavy atom. The summed E-state index contributed by atoms with van der Waals surface area (Å²) in [4.78, 5) is 0. The van der Waals surface area contributed by atoms with Gasteiger partial charge in [0.1, 0.15) is 17.6 Å². The van der Waals surface area contributed by atoms with E-state index in [9.17, 15) is 8.78 Å². The molecule has 2 aromatic carbocycles. The van der Waals surface area contributed by atoms with Gasteiger partial charge in [-0.2, -0.15) is 5.26 Å². The van der Waals surface area contributed by atoms with E-state index in [0.29, 0.717) is 4.47 Å². The molecule has 0 heterocycles. The van der Waals surface area contributed by atoms with Crippen molar-refractivity contribution in [3.63, 3.8) is 0 Å². The van der Waals surface area contributed by atoms with Crippen molar-refractivity contribution in [3.8, 4) is 17.6 Å². The standard InChI is InChI=1S/C13H5Br2F2NO/c14-9-5-8(16)2-4-10(9)19-11-3-1-7(6-18)12(15)13(11)17/h1-5H.